The first-order valence-corrected chi connectivity index (χ1v) is 8.02. The van der Waals surface area contributed by atoms with Gasteiger partial charge in [-0.15, -0.1) is 0 Å². The van der Waals surface area contributed by atoms with Crippen LogP contribution in [0.2, 0.25) is 0 Å². The van der Waals surface area contributed by atoms with E-state index in [1.165, 1.54) is 6.92 Å². The van der Waals surface area contributed by atoms with Gasteiger partial charge >= 0.3 is 5.97 Å². The Labute approximate surface area is 89.1 Å². The molecule has 0 amide bonds. The van der Waals surface area contributed by atoms with Crippen LogP contribution in [0.25, 0.3) is 0 Å². The lowest BCUT2D eigenvalue weighted by Gasteiger charge is -2.06. The van der Waals surface area contributed by atoms with Crippen molar-refractivity contribution >= 4 is 25.6 Å². The lowest BCUT2D eigenvalue weighted by molar-refractivity contribution is -0.140. The Bertz CT molecular complexity index is 418. The molecule has 0 aliphatic carbocycles. The Morgan fingerprint density at radius 3 is 2.00 bits per heavy atom. The van der Waals surface area contributed by atoms with Gasteiger partial charge < -0.3 is 5.11 Å². The van der Waals surface area contributed by atoms with Gasteiger partial charge in [-0.1, -0.05) is 6.92 Å². The molecule has 0 radical (unpaired) electrons. The van der Waals surface area contributed by atoms with Crippen LogP contribution in [0.5, 0.6) is 0 Å². The fraction of sp³-hybridized carbons (Fsp3) is 0.857. The minimum atomic E-state index is -3.62. The number of hydrogen-bond donors (Lipinski definition) is 1. The third-order valence-corrected chi connectivity index (χ3v) is 4.73. The Morgan fingerprint density at radius 2 is 1.67 bits per heavy atom. The molecule has 1 unspecified atom stereocenters. The highest BCUT2D eigenvalue weighted by Gasteiger charge is 2.22. The number of rotatable bonds is 6. The fourth-order valence-electron chi connectivity index (χ4n) is 0.814. The molecular formula is C7H14O6S2. The van der Waals surface area contributed by atoms with Crippen LogP contribution in [-0.2, 0) is 24.5 Å². The van der Waals surface area contributed by atoms with Gasteiger partial charge in [-0.3, -0.25) is 4.79 Å². The van der Waals surface area contributed by atoms with Crippen LogP contribution in [0, 0.1) is 5.92 Å². The first kappa shape index (κ1) is 14.4. The van der Waals surface area contributed by atoms with E-state index in [0.29, 0.717) is 0 Å². The Kier molecular flexibility index (Phi) is 4.72. The van der Waals surface area contributed by atoms with Gasteiger partial charge in [0.25, 0.3) is 0 Å². The summed E-state index contributed by atoms with van der Waals surface area (Å²) in [5.41, 5.74) is 0. The first-order valence-electron chi connectivity index (χ1n) is 4.14. The normalized spacial score (nSPS) is 14.8. The van der Waals surface area contributed by atoms with E-state index in [9.17, 15) is 21.6 Å². The zero-order chi connectivity index (χ0) is 12.3. The first-order chi connectivity index (χ1) is 6.53. The largest absolute Gasteiger partial charge is 0.481 e. The smallest absolute Gasteiger partial charge is 0.307 e. The Balaban J connectivity index is 4.40. The summed E-state index contributed by atoms with van der Waals surface area (Å²) in [6.45, 7) is 1.26. The van der Waals surface area contributed by atoms with E-state index < -0.39 is 48.8 Å². The van der Waals surface area contributed by atoms with Crippen molar-refractivity contribution in [1.82, 2.24) is 0 Å². The number of carbonyl (C=O) groups is 1. The van der Waals surface area contributed by atoms with Gasteiger partial charge in [0.15, 0.2) is 9.84 Å². The number of hydrogen-bond acceptors (Lipinski definition) is 5. The minimum Gasteiger partial charge on any atom is -0.481 e. The van der Waals surface area contributed by atoms with Crippen LogP contribution in [0.1, 0.15) is 6.92 Å². The maximum atomic E-state index is 11.3. The van der Waals surface area contributed by atoms with E-state index in [4.69, 9.17) is 5.11 Å². The predicted molar refractivity (Wildman–Crippen MR) is 55.2 cm³/mol. The fourth-order valence-corrected chi connectivity index (χ4v) is 4.11. The molecule has 0 rings (SSSR count). The molecule has 0 fully saturated rings. The van der Waals surface area contributed by atoms with Gasteiger partial charge in [0.1, 0.15) is 9.84 Å². The Morgan fingerprint density at radius 1 is 1.20 bits per heavy atom. The van der Waals surface area contributed by atoms with E-state index in [-0.39, 0.29) is 0 Å². The van der Waals surface area contributed by atoms with Gasteiger partial charge in [0, 0.05) is 6.26 Å². The number of aliphatic carboxylic acids is 1. The van der Waals surface area contributed by atoms with Gasteiger partial charge in [-0.25, -0.2) is 16.8 Å². The van der Waals surface area contributed by atoms with Crippen LogP contribution in [0.15, 0.2) is 0 Å². The lowest BCUT2D eigenvalue weighted by atomic mass is 10.2. The lowest BCUT2D eigenvalue weighted by Crippen LogP contribution is -2.25. The third kappa shape index (κ3) is 7.32. The highest BCUT2D eigenvalue weighted by atomic mass is 32.2. The van der Waals surface area contributed by atoms with Crippen LogP contribution >= 0.6 is 0 Å². The Hall–Kier alpha value is -0.630. The third-order valence-electron chi connectivity index (χ3n) is 1.69. The van der Waals surface area contributed by atoms with E-state index in [1.54, 1.807) is 0 Å². The van der Waals surface area contributed by atoms with Gasteiger partial charge in [0.05, 0.1) is 23.2 Å². The summed E-state index contributed by atoms with van der Waals surface area (Å²) in [7, 11) is -6.96. The molecule has 0 bridgehead atoms. The van der Waals surface area contributed by atoms with Crippen LogP contribution in [-0.4, -0.2) is 51.4 Å². The topological polar surface area (TPSA) is 106 Å². The molecule has 1 atom stereocenters. The molecule has 0 heterocycles. The standard InChI is InChI=1S/C7H14O6S2/c1-6(7(8)9)5-15(12,13)4-3-14(2,10)11/h6H,3-5H2,1-2H3,(H,8,9). The van der Waals surface area contributed by atoms with Crippen LogP contribution in [0.3, 0.4) is 0 Å². The zero-order valence-electron chi connectivity index (χ0n) is 8.50. The summed E-state index contributed by atoms with van der Waals surface area (Å²) in [5, 5.41) is 8.49. The molecule has 0 spiro atoms. The van der Waals surface area contributed by atoms with Crippen molar-refractivity contribution < 1.29 is 26.7 Å². The number of carboxylic acid groups (broad SMARTS) is 1. The molecular weight excluding hydrogens is 244 g/mol. The number of sulfone groups is 2. The molecule has 0 aromatic heterocycles. The van der Waals surface area contributed by atoms with Gasteiger partial charge in [-0.2, -0.15) is 0 Å². The molecule has 0 aliphatic heterocycles. The number of carboxylic acids is 1. The van der Waals surface area contributed by atoms with Gasteiger partial charge in [0.2, 0.25) is 0 Å². The second kappa shape index (κ2) is 4.93. The summed E-state index contributed by atoms with van der Waals surface area (Å²) < 4.78 is 44.0. The van der Waals surface area contributed by atoms with Crippen molar-refractivity contribution in [3.8, 4) is 0 Å². The maximum absolute atomic E-state index is 11.3. The highest BCUT2D eigenvalue weighted by Crippen LogP contribution is 2.03. The van der Waals surface area contributed by atoms with E-state index >= 15 is 0 Å². The molecule has 1 N–H and O–H groups in total. The van der Waals surface area contributed by atoms with Crippen LogP contribution < -0.4 is 0 Å². The van der Waals surface area contributed by atoms with Crippen LogP contribution in [0.4, 0.5) is 0 Å². The minimum absolute atomic E-state index is 0.471. The summed E-state index contributed by atoms with van der Waals surface area (Å²) >= 11 is 0. The molecule has 6 nitrogen and oxygen atoms in total. The molecule has 0 aromatic carbocycles. The van der Waals surface area contributed by atoms with E-state index in [1.807, 2.05) is 0 Å². The quantitative estimate of drug-likeness (QED) is 0.666. The summed E-state index contributed by atoms with van der Waals surface area (Å²) in [6, 6.07) is 0. The summed E-state index contributed by atoms with van der Waals surface area (Å²) in [6.07, 6.45) is 0.934. The van der Waals surface area contributed by atoms with Crippen molar-refractivity contribution in [1.29, 1.82) is 0 Å². The molecule has 90 valence electrons. The van der Waals surface area contributed by atoms with Crippen molar-refractivity contribution in [2.45, 2.75) is 6.92 Å². The molecule has 0 saturated heterocycles. The summed E-state index contributed by atoms with van der Waals surface area (Å²) in [5.74, 6) is -3.75. The summed E-state index contributed by atoms with van der Waals surface area (Å²) in [4.78, 5) is 10.4. The predicted octanol–water partition coefficient (Wildman–Crippen LogP) is -0.833. The molecule has 0 saturated carbocycles. The second-order valence-corrected chi connectivity index (χ2v) is 7.97. The molecule has 8 heteroatoms. The molecule has 0 aromatic rings. The second-order valence-electron chi connectivity index (χ2n) is 3.48. The maximum Gasteiger partial charge on any atom is 0.307 e. The monoisotopic (exact) mass is 258 g/mol. The SMILES string of the molecule is CC(CS(=O)(=O)CCS(C)(=O)=O)C(=O)O. The van der Waals surface area contributed by atoms with Crippen molar-refractivity contribution in [3.05, 3.63) is 0 Å². The zero-order valence-corrected chi connectivity index (χ0v) is 10.1. The van der Waals surface area contributed by atoms with Crippen molar-refractivity contribution in [2.24, 2.45) is 5.92 Å². The molecule has 0 aliphatic rings. The van der Waals surface area contributed by atoms with Gasteiger partial charge in [-0.05, 0) is 0 Å². The average Bonchev–Trinajstić information content (AvgIpc) is 1.99. The molecule has 15 heavy (non-hydrogen) atoms. The van der Waals surface area contributed by atoms with Crippen molar-refractivity contribution in [2.75, 3.05) is 23.5 Å². The van der Waals surface area contributed by atoms with E-state index in [2.05, 4.69) is 0 Å². The van der Waals surface area contributed by atoms with E-state index in [0.717, 1.165) is 6.26 Å². The van der Waals surface area contributed by atoms with Crippen molar-refractivity contribution in [3.63, 3.8) is 0 Å². The highest BCUT2D eigenvalue weighted by molar-refractivity contribution is 7.94. The average molecular weight is 258 g/mol.